The van der Waals surface area contributed by atoms with Crippen LogP contribution in [0.4, 0.5) is 0 Å². The van der Waals surface area contributed by atoms with E-state index in [9.17, 15) is 0 Å². The Labute approximate surface area is 139 Å². The van der Waals surface area contributed by atoms with Crippen LogP contribution >= 0.6 is 0 Å². The van der Waals surface area contributed by atoms with Gasteiger partial charge in [-0.25, -0.2) is 0 Å². The number of nitrogens with one attached hydrogen (secondary N) is 1. The maximum atomic E-state index is 3.70. The SMILES string of the molecule is Cc1ccc(-c2[nH]c(-c3ccc(C)cc3C)c(C)c2C)c(C)c1. The van der Waals surface area contributed by atoms with Crippen molar-refractivity contribution in [1.29, 1.82) is 0 Å². The second-order valence-corrected chi connectivity index (χ2v) is 6.76. The Hall–Kier alpha value is -2.28. The molecular weight excluding hydrogens is 278 g/mol. The molecule has 23 heavy (non-hydrogen) atoms. The van der Waals surface area contributed by atoms with E-state index < -0.39 is 0 Å². The topological polar surface area (TPSA) is 15.8 Å². The Morgan fingerprint density at radius 3 is 1.30 bits per heavy atom. The molecule has 2 aromatic carbocycles. The first-order valence-corrected chi connectivity index (χ1v) is 8.23. The molecule has 3 aromatic rings. The average molecular weight is 303 g/mol. The van der Waals surface area contributed by atoms with Crippen LogP contribution in [0.3, 0.4) is 0 Å². The van der Waals surface area contributed by atoms with E-state index in [-0.39, 0.29) is 0 Å². The fraction of sp³-hybridized carbons (Fsp3) is 0.273. The summed E-state index contributed by atoms with van der Waals surface area (Å²) in [5.41, 5.74) is 13.0. The molecule has 0 saturated heterocycles. The first kappa shape index (κ1) is 15.6. The molecule has 1 nitrogen and oxygen atoms in total. The maximum Gasteiger partial charge on any atom is 0.0493 e. The number of hydrogen-bond donors (Lipinski definition) is 1. The van der Waals surface area contributed by atoms with Crippen molar-refractivity contribution in [2.24, 2.45) is 0 Å². The highest BCUT2D eigenvalue weighted by Gasteiger charge is 2.16. The van der Waals surface area contributed by atoms with Crippen molar-refractivity contribution in [3.63, 3.8) is 0 Å². The summed E-state index contributed by atoms with van der Waals surface area (Å²) in [5.74, 6) is 0. The summed E-state index contributed by atoms with van der Waals surface area (Å²) >= 11 is 0. The Kier molecular flexibility index (Phi) is 3.89. The van der Waals surface area contributed by atoms with Gasteiger partial charge in [0.1, 0.15) is 0 Å². The van der Waals surface area contributed by atoms with Crippen molar-refractivity contribution in [3.05, 3.63) is 69.8 Å². The van der Waals surface area contributed by atoms with Gasteiger partial charge < -0.3 is 4.98 Å². The second kappa shape index (κ2) is 5.73. The molecular formula is C22H25N. The van der Waals surface area contributed by atoms with Gasteiger partial charge in [-0.15, -0.1) is 0 Å². The van der Waals surface area contributed by atoms with Crippen molar-refractivity contribution >= 4 is 0 Å². The lowest BCUT2D eigenvalue weighted by atomic mass is 9.98. The van der Waals surface area contributed by atoms with Crippen molar-refractivity contribution in [2.75, 3.05) is 0 Å². The largest absolute Gasteiger partial charge is 0.354 e. The van der Waals surface area contributed by atoms with Crippen LogP contribution in [-0.4, -0.2) is 4.98 Å². The number of rotatable bonds is 2. The first-order chi connectivity index (χ1) is 10.9. The van der Waals surface area contributed by atoms with E-state index in [1.54, 1.807) is 0 Å². The van der Waals surface area contributed by atoms with E-state index in [1.165, 1.54) is 55.9 Å². The number of aryl methyl sites for hydroxylation is 4. The lowest BCUT2D eigenvalue weighted by Gasteiger charge is -2.08. The van der Waals surface area contributed by atoms with Gasteiger partial charge in [-0.3, -0.25) is 0 Å². The zero-order valence-corrected chi connectivity index (χ0v) is 15.0. The summed E-state index contributed by atoms with van der Waals surface area (Å²) in [7, 11) is 0. The lowest BCUT2D eigenvalue weighted by Crippen LogP contribution is -1.88. The third kappa shape index (κ3) is 2.72. The Morgan fingerprint density at radius 2 is 0.957 bits per heavy atom. The molecule has 0 saturated carbocycles. The third-order valence-electron chi connectivity index (χ3n) is 4.86. The quantitative estimate of drug-likeness (QED) is 0.580. The van der Waals surface area contributed by atoms with Gasteiger partial charge in [0.05, 0.1) is 0 Å². The standard InChI is InChI=1S/C22H25N/c1-13-7-9-19(15(3)11-13)21-17(5)18(6)22(23-21)20-10-8-14(2)12-16(20)4/h7-12,23H,1-6H3. The van der Waals surface area contributed by atoms with Crippen LogP contribution in [0.2, 0.25) is 0 Å². The van der Waals surface area contributed by atoms with E-state index in [0.29, 0.717) is 0 Å². The van der Waals surface area contributed by atoms with Crippen molar-refractivity contribution in [3.8, 4) is 22.5 Å². The molecule has 0 spiro atoms. The summed E-state index contributed by atoms with van der Waals surface area (Å²) in [6, 6.07) is 13.3. The van der Waals surface area contributed by atoms with Gasteiger partial charge in [-0.05, 0) is 63.8 Å². The van der Waals surface area contributed by atoms with Crippen LogP contribution in [0.1, 0.15) is 33.4 Å². The normalized spacial score (nSPS) is 11.0. The summed E-state index contributed by atoms with van der Waals surface area (Å²) in [6.07, 6.45) is 0. The molecule has 0 aliphatic rings. The second-order valence-electron chi connectivity index (χ2n) is 6.76. The fourth-order valence-corrected chi connectivity index (χ4v) is 3.41. The molecule has 0 aliphatic carbocycles. The zero-order chi connectivity index (χ0) is 16.7. The van der Waals surface area contributed by atoms with Crippen molar-refractivity contribution in [2.45, 2.75) is 41.5 Å². The van der Waals surface area contributed by atoms with Gasteiger partial charge in [-0.1, -0.05) is 47.5 Å². The number of aromatic amines is 1. The molecule has 0 atom stereocenters. The molecule has 1 heterocycles. The molecule has 118 valence electrons. The molecule has 0 aliphatic heterocycles. The zero-order valence-electron chi connectivity index (χ0n) is 15.0. The Balaban J connectivity index is 2.19. The molecule has 0 unspecified atom stereocenters. The molecule has 1 N–H and O–H groups in total. The summed E-state index contributed by atoms with van der Waals surface area (Å²) < 4.78 is 0. The van der Waals surface area contributed by atoms with Gasteiger partial charge >= 0.3 is 0 Å². The Morgan fingerprint density at radius 1 is 0.565 bits per heavy atom. The molecule has 0 fully saturated rings. The van der Waals surface area contributed by atoms with Gasteiger partial charge in [0, 0.05) is 22.5 Å². The van der Waals surface area contributed by atoms with Crippen LogP contribution < -0.4 is 0 Å². The van der Waals surface area contributed by atoms with E-state index in [4.69, 9.17) is 0 Å². The van der Waals surface area contributed by atoms with Crippen LogP contribution in [0.5, 0.6) is 0 Å². The predicted molar refractivity (Wildman–Crippen MR) is 100 cm³/mol. The fourth-order valence-electron chi connectivity index (χ4n) is 3.41. The molecule has 3 rings (SSSR count). The average Bonchev–Trinajstić information content (AvgIpc) is 2.76. The van der Waals surface area contributed by atoms with Crippen molar-refractivity contribution < 1.29 is 0 Å². The van der Waals surface area contributed by atoms with Gasteiger partial charge in [0.15, 0.2) is 0 Å². The maximum absolute atomic E-state index is 3.70. The van der Waals surface area contributed by atoms with E-state index in [0.717, 1.165) is 0 Å². The number of benzene rings is 2. The summed E-state index contributed by atoms with van der Waals surface area (Å²) in [4.78, 5) is 3.70. The molecule has 1 heteroatoms. The van der Waals surface area contributed by atoms with Crippen LogP contribution in [-0.2, 0) is 0 Å². The van der Waals surface area contributed by atoms with Crippen LogP contribution in [0.15, 0.2) is 36.4 Å². The highest BCUT2D eigenvalue weighted by Crippen LogP contribution is 2.35. The van der Waals surface area contributed by atoms with E-state index in [2.05, 4.69) is 82.9 Å². The minimum atomic E-state index is 1.25. The van der Waals surface area contributed by atoms with Crippen LogP contribution in [0, 0.1) is 41.5 Å². The number of H-pyrrole nitrogens is 1. The third-order valence-corrected chi connectivity index (χ3v) is 4.86. The minimum Gasteiger partial charge on any atom is -0.354 e. The van der Waals surface area contributed by atoms with E-state index in [1.807, 2.05) is 0 Å². The van der Waals surface area contributed by atoms with Gasteiger partial charge in [-0.2, -0.15) is 0 Å². The highest BCUT2D eigenvalue weighted by atomic mass is 14.7. The Bertz CT molecular complexity index is 809. The summed E-state index contributed by atoms with van der Waals surface area (Å²) in [5, 5.41) is 0. The summed E-state index contributed by atoms with van der Waals surface area (Å²) in [6.45, 7) is 13.1. The molecule has 0 amide bonds. The van der Waals surface area contributed by atoms with Crippen LogP contribution in [0.25, 0.3) is 22.5 Å². The molecule has 0 radical (unpaired) electrons. The minimum absolute atomic E-state index is 1.25. The monoisotopic (exact) mass is 303 g/mol. The first-order valence-electron chi connectivity index (χ1n) is 8.23. The van der Waals surface area contributed by atoms with E-state index >= 15 is 0 Å². The van der Waals surface area contributed by atoms with Gasteiger partial charge in [0.25, 0.3) is 0 Å². The predicted octanol–water partition coefficient (Wildman–Crippen LogP) is 6.20. The number of hydrogen-bond acceptors (Lipinski definition) is 0. The number of aromatic nitrogens is 1. The van der Waals surface area contributed by atoms with Crippen molar-refractivity contribution in [1.82, 2.24) is 4.98 Å². The van der Waals surface area contributed by atoms with Gasteiger partial charge in [0.2, 0.25) is 0 Å². The molecule has 0 bridgehead atoms. The smallest absolute Gasteiger partial charge is 0.0493 e. The highest BCUT2D eigenvalue weighted by molar-refractivity contribution is 5.78. The lowest BCUT2D eigenvalue weighted by molar-refractivity contribution is 1.30. The molecule has 1 aromatic heterocycles.